The second kappa shape index (κ2) is 11.3. The van der Waals surface area contributed by atoms with Crippen molar-refractivity contribution in [1.82, 2.24) is 24.5 Å². The van der Waals surface area contributed by atoms with Gasteiger partial charge in [0.15, 0.2) is 5.96 Å². The van der Waals surface area contributed by atoms with E-state index in [1.807, 2.05) is 12.5 Å². The molecule has 1 saturated heterocycles. The van der Waals surface area contributed by atoms with Crippen molar-refractivity contribution in [3.8, 4) is 0 Å². The van der Waals surface area contributed by atoms with Gasteiger partial charge in [0.2, 0.25) is 10.0 Å². The van der Waals surface area contributed by atoms with Gasteiger partial charge < -0.3 is 14.8 Å². The Labute approximate surface area is 200 Å². The quantitative estimate of drug-likeness (QED) is 0.243. The van der Waals surface area contributed by atoms with E-state index in [1.165, 1.54) is 12.1 Å². The average molecular weight is 567 g/mol. The molecule has 1 aromatic heterocycles. The molecule has 1 aliphatic rings. The lowest BCUT2D eigenvalue weighted by Crippen LogP contribution is -2.50. The molecule has 1 aromatic carbocycles. The molecule has 0 bridgehead atoms. The zero-order chi connectivity index (χ0) is 20.9. The minimum Gasteiger partial charge on any atom is -0.355 e. The van der Waals surface area contributed by atoms with Crippen LogP contribution in [0.4, 0.5) is 0 Å². The Balaban J connectivity index is 0.00000320. The number of hydrogen-bond acceptors (Lipinski definition) is 4. The number of piperidine rings is 1. The van der Waals surface area contributed by atoms with Crippen LogP contribution < -0.4 is 10.0 Å². The average Bonchev–Trinajstić information content (AvgIpc) is 3.23. The lowest BCUT2D eigenvalue weighted by Gasteiger charge is -2.39. The molecule has 0 aliphatic carbocycles. The third kappa shape index (κ3) is 6.32. The van der Waals surface area contributed by atoms with E-state index in [9.17, 15) is 8.42 Å². The molecule has 166 valence electrons. The lowest BCUT2D eigenvalue weighted by atomic mass is 9.93. The first-order valence-corrected chi connectivity index (χ1v) is 11.4. The van der Waals surface area contributed by atoms with Gasteiger partial charge in [0.05, 0.1) is 17.3 Å². The van der Waals surface area contributed by atoms with Crippen molar-refractivity contribution in [1.29, 1.82) is 0 Å². The Morgan fingerprint density at radius 1 is 1.37 bits per heavy atom. The van der Waals surface area contributed by atoms with Gasteiger partial charge in [-0.15, -0.1) is 24.0 Å². The fourth-order valence-electron chi connectivity index (χ4n) is 3.50. The maximum absolute atomic E-state index is 12.4. The number of imidazole rings is 1. The molecular weight excluding hydrogens is 539 g/mol. The van der Waals surface area contributed by atoms with Crippen LogP contribution >= 0.6 is 35.6 Å². The molecule has 1 aliphatic heterocycles. The Morgan fingerprint density at radius 3 is 2.83 bits per heavy atom. The smallest absolute Gasteiger partial charge is 0.240 e. The SMILES string of the molecule is CN=C(NCCNS(=O)(=O)c1cccc(Cl)c1)N1CCC(C)C(n2ccnc2)C1.I. The summed E-state index contributed by atoms with van der Waals surface area (Å²) in [6.07, 6.45) is 6.69. The summed E-state index contributed by atoms with van der Waals surface area (Å²) in [4.78, 5) is 10.9. The van der Waals surface area contributed by atoms with Gasteiger partial charge in [-0.25, -0.2) is 18.1 Å². The first-order valence-electron chi connectivity index (χ1n) is 9.59. The van der Waals surface area contributed by atoms with Gasteiger partial charge in [0.25, 0.3) is 0 Å². The normalized spacial score (nSPS) is 20.0. The fourth-order valence-corrected chi connectivity index (χ4v) is 4.84. The minimum atomic E-state index is -3.60. The number of sulfonamides is 1. The third-order valence-electron chi connectivity index (χ3n) is 5.14. The molecule has 2 atom stereocenters. The molecule has 11 heteroatoms. The first kappa shape index (κ1) is 24.9. The monoisotopic (exact) mass is 566 g/mol. The predicted molar refractivity (Wildman–Crippen MR) is 130 cm³/mol. The number of likely N-dealkylation sites (tertiary alicyclic amines) is 1. The molecule has 0 spiro atoms. The van der Waals surface area contributed by atoms with Crippen LogP contribution in [0.2, 0.25) is 5.02 Å². The van der Waals surface area contributed by atoms with Crippen molar-refractivity contribution in [3.05, 3.63) is 48.0 Å². The minimum absolute atomic E-state index is 0. The highest BCUT2D eigenvalue weighted by Crippen LogP contribution is 2.27. The van der Waals surface area contributed by atoms with Crippen LogP contribution in [0.25, 0.3) is 0 Å². The van der Waals surface area contributed by atoms with Crippen LogP contribution in [0.15, 0.2) is 52.9 Å². The number of benzene rings is 1. The number of rotatable bonds is 6. The Kier molecular flexibility index (Phi) is 9.38. The molecule has 2 aromatic rings. The van der Waals surface area contributed by atoms with Crippen LogP contribution in [-0.4, -0.2) is 62.1 Å². The number of halogens is 2. The first-order chi connectivity index (χ1) is 13.9. The van der Waals surface area contributed by atoms with E-state index in [-0.39, 0.29) is 35.4 Å². The Morgan fingerprint density at radius 2 is 2.17 bits per heavy atom. The van der Waals surface area contributed by atoms with Gasteiger partial charge in [-0.3, -0.25) is 4.99 Å². The molecule has 2 N–H and O–H groups in total. The van der Waals surface area contributed by atoms with E-state index in [0.29, 0.717) is 23.5 Å². The van der Waals surface area contributed by atoms with E-state index in [4.69, 9.17) is 11.6 Å². The molecule has 8 nitrogen and oxygen atoms in total. The number of nitrogens with zero attached hydrogens (tertiary/aromatic N) is 4. The van der Waals surface area contributed by atoms with Gasteiger partial charge in [0, 0.05) is 50.6 Å². The summed E-state index contributed by atoms with van der Waals surface area (Å²) < 4.78 is 29.5. The standard InChI is InChI=1S/C19H27ClN6O2S.HI/c1-15-6-10-25(13-18(15)26-11-9-22-14-26)19(21-2)23-7-8-24-29(27,28)17-5-3-4-16(20)12-17;/h3-5,9,11-12,14-15,18,24H,6-8,10,13H2,1-2H3,(H,21,23);1H. The highest BCUT2D eigenvalue weighted by molar-refractivity contribution is 14.0. The summed E-state index contributed by atoms with van der Waals surface area (Å²) in [6.45, 7) is 4.64. The second-order valence-corrected chi connectivity index (χ2v) is 9.32. The summed E-state index contributed by atoms with van der Waals surface area (Å²) in [5.41, 5.74) is 0. The van der Waals surface area contributed by atoms with Crippen LogP contribution in [0.1, 0.15) is 19.4 Å². The number of aliphatic imine (C=N–C) groups is 1. The summed E-state index contributed by atoms with van der Waals surface area (Å²) >= 11 is 5.89. The van der Waals surface area contributed by atoms with Crippen molar-refractivity contribution < 1.29 is 8.42 Å². The second-order valence-electron chi connectivity index (χ2n) is 7.12. The maximum atomic E-state index is 12.4. The summed E-state index contributed by atoms with van der Waals surface area (Å²) in [5.74, 6) is 1.31. The molecule has 1 fully saturated rings. The maximum Gasteiger partial charge on any atom is 0.240 e. The van der Waals surface area contributed by atoms with Gasteiger partial charge in [-0.05, 0) is 30.5 Å². The van der Waals surface area contributed by atoms with Gasteiger partial charge in [-0.1, -0.05) is 24.6 Å². The highest BCUT2D eigenvalue weighted by Gasteiger charge is 2.28. The molecule has 3 rings (SSSR count). The lowest BCUT2D eigenvalue weighted by molar-refractivity contribution is 0.189. The summed E-state index contributed by atoms with van der Waals surface area (Å²) in [5, 5.41) is 3.64. The van der Waals surface area contributed by atoms with Crippen molar-refractivity contribution >= 4 is 51.6 Å². The van der Waals surface area contributed by atoms with E-state index < -0.39 is 10.0 Å². The third-order valence-corrected chi connectivity index (χ3v) is 6.84. The van der Waals surface area contributed by atoms with E-state index in [0.717, 1.165) is 25.5 Å². The number of guanidine groups is 1. The van der Waals surface area contributed by atoms with Crippen LogP contribution in [-0.2, 0) is 10.0 Å². The van der Waals surface area contributed by atoms with Crippen LogP contribution in [0, 0.1) is 5.92 Å². The zero-order valence-electron chi connectivity index (χ0n) is 17.0. The molecule has 0 radical (unpaired) electrons. The molecule has 0 amide bonds. The molecular formula is C19H28ClIN6O2S. The van der Waals surface area contributed by atoms with Crippen molar-refractivity contribution in [3.63, 3.8) is 0 Å². The van der Waals surface area contributed by atoms with Crippen LogP contribution in [0.3, 0.4) is 0 Å². The van der Waals surface area contributed by atoms with E-state index >= 15 is 0 Å². The molecule has 0 saturated carbocycles. The van der Waals surface area contributed by atoms with Crippen LogP contribution in [0.5, 0.6) is 0 Å². The van der Waals surface area contributed by atoms with Crippen molar-refractivity contribution in [2.45, 2.75) is 24.3 Å². The van der Waals surface area contributed by atoms with Gasteiger partial charge in [-0.2, -0.15) is 0 Å². The molecule has 2 unspecified atom stereocenters. The van der Waals surface area contributed by atoms with Gasteiger partial charge in [0.1, 0.15) is 0 Å². The number of aromatic nitrogens is 2. The topological polar surface area (TPSA) is 91.6 Å². The fraction of sp³-hybridized carbons (Fsp3) is 0.474. The Bertz CT molecular complexity index is 938. The largest absolute Gasteiger partial charge is 0.355 e. The van der Waals surface area contributed by atoms with Gasteiger partial charge >= 0.3 is 0 Å². The molecule has 2 heterocycles. The molecule has 30 heavy (non-hydrogen) atoms. The Hall–Kier alpha value is -1.37. The number of hydrogen-bond donors (Lipinski definition) is 2. The van der Waals surface area contributed by atoms with E-state index in [2.05, 4.69) is 36.4 Å². The summed E-state index contributed by atoms with van der Waals surface area (Å²) in [7, 11) is -1.86. The van der Waals surface area contributed by atoms with Crippen molar-refractivity contribution in [2.75, 3.05) is 33.2 Å². The highest BCUT2D eigenvalue weighted by atomic mass is 127. The zero-order valence-corrected chi connectivity index (χ0v) is 20.9. The number of nitrogens with one attached hydrogen (secondary N) is 2. The van der Waals surface area contributed by atoms with Crippen molar-refractivity contribution in [2.24, 2.45) is 10.9 Å². The summed E-state index contributed by atoms with van der Waals surface area (Å²) in [6, 6.07) is 6.53. The predicted octanol–water partition coefficient (Wildman–Crippen LogP) is 2.59. The van der Waals surface area contributed by atoms with E-state index in [1.54, 1.807) is 25.4 Å².